The van der Waals surface area contributed by atoms with E-state index in [0.717, 1.165) is 11.1 Å². The van der Waals surface area contributed by atoms with Crippen LogP contribution in [-0.2, 0) is 6.54 Å². The molecule has 128 valence electrons. The largest absolute Gasteiger partial charge is 0.389 e. The van der Waals surface area contributed by atoms with Gasteiger partial charge in [-0.15, -0.1) is 11.3 Å². The van der Waals surface area contributed by atoms with E-state index in [9.17, 15) is 14.9 Å². The van der Waals surface area contributed by atoms with Gasteiger partial charge in [0, 0.05) is 10.7 Å². The van der Waals surface area contributed by atoms with Crippen LogP contribution in [0.25, 0.3) is 0 Å². The molecule has 1 N–H and O–H groups in total. The highest BCUT2D eigenvalue weighted by Crippen LogP contribution is 2.23. The zero-order valence-electron chi connectivity index (χ0n) is 13.1. The summed E-state index contributed by atoms with van der Waals surface area (Å²) in [4.78, 5) is 23.0. The molecule has 0 spiro atoms. The predicted octanol–water partition coefficient (Wildman–Crippen LogP) is 4.12. The molecule has 25 heavy (non-hydrogen) atoms. The van der Waals surface area contributed by atoms with Gasteiger partial charge in [0.1, 0.15) is 0 Å². The number of anilines is 1. The monoisotopic (exact) mass is 376 g/mol. The summed E-state index contributed by atoms with van der Waals surface area (Å²) < 4.78 is 1.46. The average molecular weight is 377 g/mol. The molecule has 2 heterocycles. The number of nitrogens with zero attached hydrogens (tertiary/aromatic N) is 3. The van der Waals surface area contributed by atoms with Crippen LogP contribution in [0, 0.1) is 17.0 Å². The molecule has 0 saturated heterocycles. The third kappa shape index (κ3) is 4.04. The number of carbonyl (C=O) groups excluding carboxylic acids is 1. The first kappa shape index (κ1) is 17.1. The first-order valence-corrected chi connectivity index (χ1v) is 8.51. The molecule has 0 radical (unpaired) electrons. The van der Waals surface area contributed by atoms with Gasteiger partial charge in [0.25, 0.3) is 5.91 Å². The molecule has 0 atom stereocenters. The van der Waals surface area contributed by atoms with Gasteiger partial charge >= 0.3 is 5.82 Å². The number of thiophene rings is 1. The first-order chi connectivity index (χ1) is 11.9. The molecule has 0 aliphatic carbocycles. The lowest BCUT2D eigenvalue weighted by molar-refractivity contribution is -0.389. The van der Waals surface area contributed by atoms with E-state index in [4.69, 9.17) is 11.6 Å². The Hall–Kier alpha value is -2.71. The number of nitrogens with one attached hydrogen (secondary N) is 1. The molecule has 3 rings (SSSR count). The quantitative estimate of drug-likeness (QED) is 0.535. The van der Waals surface area contributed by atoms with Gasteiger partial charge in [-0.1, -0.05) is 17.7 Å². The maximum Gasteiger partial charge on any atom is 0.389 e. The molecule has 0 fully saturated rings. The van der Waals surface area contributed by atoms with E-state index >= 15 is 0 Å². The molecule has 0 aliphatic heterocycles. The van der Waals surface area contributed by atoms with Crippen molar-refractivity contribution in [2.75, 3.05) is 5.32 Å². The van der Waals surface area contributed by atoms with Crippen LogP contribution in [0.5, 0.6) is 0 Å². The lowest BCUT2D eigenvalue weighted by atomic mass is 10.2. The number of rotatable bonds is 5. The van der Waals surface area contributed by atoms with E-state index in [2.05, 4.69) is 10.4 Å². The minimum atomic E-state index is -0.545. The summed E-state index contributed by atoms with van der Waals surface area (Å²) in [5.74, 6) is -0.433. The van der Waals surface area contributed by atoms with Crippen molar-refractivity contribution in [2.45, 2.75) is 13.5 Å². The summed E-state index contributed by atoms with van der Waals surface area (Å²) in [6.45, 7) is 2.24. The van der Waals surface area contributed by atoms with Crippen molar-refractivity contribution in [1.82, 2.24) is 9.78 Å². The SMILES string of the molecule is Cc1ccc(Cl)cc1NC(=O)c1cc(Cn2ccc([N+](=O)[O-])n2)cs1. The zero-order chi connectivity index (χ0) is 18.0. The second-order valence-corrected chi connectivity index (χ2v) is 6.71. The molecule has 7 nitrogen and oxygen atoms in total. The van der Waals surface area contributed by atoms with Crippen LogP contribution in [0.15, 0.2) is 41.9 Å². The van der Waals surface area contributed by atoms with E-state index in [1.54, 1.807) is 18.2 Å². The summed E-state index contributed by atoms with van der Waals surface area (Å²) in [6, 6.07) is 8.38. The maximum atomic E-state index is 12.4. The maximum absolute atomic E-state index is 12.4. The number of nitro groups is 1. The van der Waals surface area contributed by atoms with E-state index in [-0.39, 0.29) is 11.7 Å². The van der Waals surface area contributed by atoms with Gasteiger partial charge in [0.05, 0.1) is 28.8 Å². The number of hydrogen-bond donors (Lipinski definition) is 1. The van der Waals surface area contributed by atoms with Crippen LogP contribution in [0.1, 0.15) is 20.8 Å². The molecule has 0 bridgehead atoms. The zero-order valence-corrected chi connectivity index (χ0v) is 14.7. The smallest absolute Gasteiger partial charge is 0.358 e. The van der Waals surface area contributed by atoms with Crippen molar-refractivity contribution in [3.8, 4) is 0 Å². The van der Waals surface area contributed by atoms with Crippen LogP contribution < -0.4 is 5.32 Å². The molecule has 1 aromatic carbocycles. The van der Waals surface area contributed by atoms with Gasteiger partial charge < -0.3 is 15.4 Å². The van der Waals surface area contributed by atoms with Crippen LogP contribution in [-0.4, -0.2) is 20.6 Å². The van der Waals surface area contributed by atoms with Crippen molar-refractivity contribution in [2.24, 2.45) is 0 Å². The average Bonchev–Trinajstić information content (AvgIpc) is 3.21. The topological polar surface area (TPSA) is 90.1 Å². The summed E-state index contributed by atoms with van der Waals surface area (Å²) in [5, 5.41) is 19.7. The van der Waals surface area contributed by atoms with Crippen LogP contribution >= 0.6 is 22.9 Å². The third-order valence-corrected chi connectivity index (χ3v) is 4.70. The van der Waals surface area contributed by atoms with E-state index in [1.807, 2.05) is 18.4 Å². The Morgan fingerprint density at radius 3 is 2.92 bits per heavy atom. The number of aryl methyl sites for hydroxylation is 1. The number of aromatic nitrogens is 2. The minimum absolute atomic E-state index is 0.204. The summed E-state index contributed by atoms with van der Waals surface area (Å²) in [7, 11) is 0. The molecule has 3 aromatic rings. The van der Waals surface area contributed by atoms with Crippen LogP contribution in [0.2, 0.25) is 5.02 Å². The van der Waals surface area contributed by atoms with Gasteiger partial charge in [-0.2, -0.15) is 4.68 Å². The number of benzene rings is 1. The minimum Gasteiger partial charge on any atom is -0.358 e. The predicted molar refractivity (Wildman–Crippen MR) is 96.4 cm³/mol. The molecule has 0 unspecified atom stereocenters. The van der Waals surface area contributed by atoms with Crippen LogP contribution in [0.4, 0.5) is 11.5 Å². The van der Waals surface area contributed by atoms with E-state index in [1.165, 1.54) is 28.3 Å². The van der Waals surface area contributed by atoms with Gasteiger partial charge in [-0.25, -0.2) is 0 Å². The highest BCUT2D eigenvalue weighted by molar-refractivity contribution is 7.12. The van der Waals surface area contributed by atoms with Crippen molar-refractivity contribution in [3.63, 3.8) is 0 Å². The molecular weight excluding hydrogens is 364 g/mol. The van der Waals surface area contributed by atoms with Crippen LogP contribution in [0.3, 0.4) is 0 Å². The van der Waals surface area contributed by atoms with Crippen molar-refractivity contribution in [1.29, 1.82) is 0 Å². The van der Waals surface area contributed by atoms with E-state index in [0.29, 0.717) is 22.1 Å². The fourth-order valence-corrected chi connectivity index (χ4v) is 3.18. The fourth-order valence-electron chi connectivity index (χ4n) is 2.21. The third-order valence-electron chi connectivity index (χ3n) is 3.48. The lowest BCUT2D eigenvalue weighted by Gasteiger charge is -2.07. The highest BCUT2D eigenvalue weighted by atomic mass is 35.5. The molecule has 0 saturated carbocycles. The number of halogens is 1. The molecule has 2 aromatic heterocycles. The van der Waals surface area contributed by atoms with Gasteiger partial charge in [0.2, 0.25) is 0 Å². The lowest BCUT2D eigenvalue weighted by Crippen LogP contribution is -2.11. The molecular formula is C16H13ClN4O3S. The normalized spacial score (nSPS) is 10.6. The van der Waals surface area contributed by atoms with Gasteiger partial charge in [0.15, 0.2) is 0 Å². The number of amides is 1. The van der Waals surface area contributed by atoms with E-state index < -0.39 is 4.92 Å². The van der Waals surface area contributed by atoms with Gasteiger partial charge in [-0.3, -0.25) is 4.79 Å². The highest BCUT2D eigenvalue weighted by Gasteiger charge is 2.14. The Balaban J connectivity index is 1.70. The fraction of sp³-hybridized carbons (Fsp3) is 0.125. The Labute approximate surface area is 152 Å². The Kier molecular flexibility index (Phi) is 4.82. The second kappa shape index (κ2) is 7.04. The molecule has 9 heteroatoms. The standard InChI is InChI=1S/C16H13ClN4O3S/c1-10-2-3-12(17)7-13(10)18-16(22)14-6-11(9-25-14)8-20-5-4-15(19-20)21(23)24/h2-7,9H,8H2,1H3,(H,18,22). The second-order valence-electron chi connectivity index (χ2n) is 5.36. The first-order valence-electron chi connectivity index (χ1n) is 7.25. The Bertz CT molecular complexity index is 951. The van der Waals surface area contributed by atoms with Crippen molar-refractivity contribution < 1.29 is 9.72 Å². The Morgan fingerprint density at radius 2 is 2.20 bits per heavy atom. The summed E-state index contributed by atoms with van der Waals surface area (Å²) >= 11 is 7.26. The molecule has 1 amide bonds. The summed E-state index contributed by atoms with van der Waals surface area (Å²) in [6.07, 6.45) is 1.53. The number of carbonyl (C=O) groups is 1. The summed E-state index contributed by atoms with van der Waals surface area (Å²) in [5.41, 5.74) is 2.42. The van der Waals surface area contributed by atoms with Crippen molar-refractivity contribution >= 4 is 40.4 Å². The number of hydrogen-bond acceptors (Lipinski definition) is 5. The molecule has 0 aliphatic rings. The Morgan fingerprint density at radius 1 is 1.40 bits per heavy atom. The van der Waals surface area contributed by atoms with Gasteiger partial charge in [-0.05, 0) is 46.6 Å². The van der Waals surface area contributed by atoms with Crippen molar-refractivity contribution in [3.05, 3.63) is 73.0 Å².